The van der Waals surface area contributed by atoms with Crippen molar-refractivity contribution in [2.24, 2.45) is 0 Å². The summed E-state index contributed by atoms with van der Waals surface area (Å²) in [5.41, 5.74) is 4.66. The Hall–Kier alpha value is -2.19. The van der Waals surface area contributed by atoms with Gasteiger partial charge in [-0.25, -0.2) is 4.98 Å². The van der Waals surface area contributed by atoms with Crippen molar-refractivity contribution in [1.82, 2.24) is 4.98 Å². The van der Waals surface area contributed by atoms with E-state index in [0.717, 1.165) is 10.7 Å². The van der Waals surface area contributed by atoms with Crippen LogP contribution in [-0.4, -0.2) is 4.98 Å². The van der Waals surface area contributed by atoms with Gasteiger partial charge in [0, 0.05) is 10.9 Å². The molecule has 3 rings (SSSR count). The number of aromatic nitrogens is 1. The van der Waals surface area contributed by atoms with Gasteiger partial charge in [-0.2, -0.15) is 0 Å². The summed E-state index contributed by atoms with van der Waals surface area (Å²) in [7, 11) is 0. The maximum atomic E-state index is 4.64. The summed E-state index contributed by atoms with van der Waals surface area (Å²) in [5.74, 6) is 0. The molecule has 0 saturated carbocycles. The quantitative estimate of drug-likeness (QED) is 0.634. The van der Waals surface area contributed by atoms with Gasteiger partial charge in [-0.3, -0.25) is 0 Å². The molecule has 0 spiro atoms. The lowest BCUT2D eigenvalue weighted by Gasteiger charge is -1.94. The zero-order valence-corrected chi connectivity index (χ0v) is 12.1. The monoisotopic (exact) mass is 277 g/mol. The standard InChI is InChI=1S/C18H15NS/c1-14-7-9-15(10-8-14)11-12-17-13-20-18(19-17)16-5-3-2-4-6-16/h2-13H,1H3/b12-11+. The van der Waals surface area contributed by atoms with Crippen molar-refractivity contribution < 1.29 is 0 Å². The van der Waals surface area contributed by atoms with E-state index < -0.39 is 0 Å². The number of benzene rings is 2. The molecule has 2 heteroatoms. The topological polar surface area (TPSA) is 12.9 Å². The summed E-state index contributed by atoms with van der Waals surface area (Å²) in [4.78, 5) is 4.64. The minimum atomic E-state index is 1.01. The number of hydrogen-bond donors (Lipinski definition) is 0. The third kappa shape index (κ3) is 3.03. The van der Waals surface area contributed by atoms with Crippen molar-refractivity contribution >= 4 is 23.5 Å². The fraction of sp³-hybridized carbons (Fsp3) is 0.0556. The number of thiazole rings is 1. The van der Waals surface area contributed by atoms with Crippen LogP contribution in [0.25, 0.3) is 22.7 Å². The zero-order chi connectivity index (χ0) is 13.8. The Balaban J connectivity index is 1.79. The first-order valence-corrected chi connectivity index (χ1v) is 7.45. The molecule has 0 atom stereocenters. The van der Waals surface area contributed by atoms with Crippen LogP contribution in [0, 0.1) is 6.92 Å². The second kappa shape index (κ2) is 5.85. The molecule has 20 heavy (non-hydrogen) atoms. The van der Waals surface area contributed by atoms with E-state index in [-0.39, 0.29) is 0 Å². The molecule has 0 bridgehead atoms. The smallest absolute Gasteiger partial charge is 0.124 e. The number of hydrogen-bond acceptors (Lipinski definition) is 2. The molecule has 0 N–H and O–H groups in total. The molecule has 0 saturated heterocycles. The predicted octanol–water partition coefficient (Wildman–Crippen LogP) is 5.29. The van der Waals surface area contributed by atoms with Gasteiger partial charge >= 0.3 is 0 Å². The summed E-state index contributed by atoms with van der Waals surface area (Å²) in [5, 5.41) is 3.15. The fourth-order valence-electron chi connectivity index (χ4n) is 1.94. The van der Waals surface area contributed by atoms with Crippen LogP contribution in [0.1, 0.15) is 16.8 Å². The molecule has 0 aliphatic heterocycles. The van der Waals surface area contributed by atoms with Crippen LogP contribution in [0.5, 0.6) is 0 Å². The molecule has 1 nitrogen and oxygen atoms in total. The molecular formula is C18H15NS. The summed E-state index contributed by atoms with van der Waals surface area (Å²) >= 11 is 1.68. The maximum Gasteiger partial charge on any atom is 0.124 e. The highest BCUT2D eigenvalue weighted by molar-refractivity contribution is 7.13. The Kier molecular flexibility index (Phi) is 3.75. The molecule has 98 valence electrons. The van der Waals surface area contributed by atoms with Gasteiger partial charge in [-0.1, -0.05) is 66.2 Å². The SMILES string of the molecule is Cc1ccc(/C=C/c2csc(-c3ccccc3)n2)cc1. The Bertz CT molecular complexity index is 709. The number of aryl methyl sites for hydroxylation is 1. The summed E-state index contributed by atoms with van der Waals surface area (Å²) in [6.45, 7) is 2.10. The first kappa shape index (κ1) is 12.8. The molecule has 0 fully saturated rings. The van der Waals surface area contributed by atoms with Gasteiger partial charge in [0.2, 0.25) is 0 Å². The van der Waals surface area contributed by atoms with Crippen LogP contribution in [-0.2, 0) is 0 Å². The summed E-state index contributed by atoms with van der Waals surface area (Å²) in [6, 6.07) is 18.8. The molecule has 1 aromatic heterocycles. The lowest BCUT2D eigenvalue weighted by molar-refractivity contribution is 1.38. The van der Waals surface area contributed by atoms with Crippen molar-refractivity contribution in [1.29, 1.82) is 0 Å². The van der Waals surface area contributed by atoms with Crippen LogP contribution in [0.2, 0.25) is 0 Å². The van der Waals surface area contributed by atoms with E-state index in [4.69, 9.17) is 0 Å². The lowest BCUT2D eigenvalue weighted by atomic mass is 10.1. The Morgan fingerprint density at radius 1 is 0.900 bits per heavy atom. The van der Waals surface area contributed by atoms with Gasteiger partial charge in [-0.15, -0.1) is 11.3 Å². The van der Waals surface area contributed by atoms with Crippen LogP contribution in [0.15, 0.2) is 60.0 Å². The average molecular weight is 277 g/mol. The average Bonchev–Trinajstić information content (AvgIpc) is 2.97. The minimum absolute atomic E-state index is 1.01. The summed E-state index contributed by atoms with van der Waals surface area (Å²) < 4.78 is 0. The molecule has 0 radical (unpaired) electrons. The van der Waals surface area contributed by atoms with E-state index in [1.807, 2.05) is 18.2 Å². The van der Waals surface area contributed by atoms with Crippen molar-refractivity contribution in [3.63, 3.8) is 0 Å². The van der Waals surface area contributed by atoms with E-state index in [1.54, 1.807) is 11.3 Å². The Morgan fingerprint density at radius 2 is 1.65 bits per heavy atom. The van der Waals surface area contributed by atoms with E-state index in [0.29, 0.717) is 0 Å². The molecule has 0 aliphatic carbocycles. The van der Waals surface area contributed by atoms with E-state index in [1.165, 1.54) is 16.7 Å². The zero-order valence-electron chi connectivity index (χ0n) is 11.3. The second-order valence-corrected chi connectivity index (χ2v) is 5.55. The largest absolute Gasteiger partial charge is 0.237 e. The van der Waals surface area contributed by atoms with Crippen molar-refractivity contribution in [2.45, 2.75) is 6.92 Å². The molecule has 2 aromatic carbocycles. The van der Waals surface area contributed by atoms with Gasteiger partial charge in [0.25, 0.3) is 0 Å². The first-order chi connectivity index (χ1) is 9.81. The molecule has 0 amide bonds. The van der Waals surface area contributed by atoms with Gasteiger partial charge in [0.15, 0.2) is 0 Å². The highest BCUT2D eigenvalue weighted by Gasteiger charge is 2.01. The molecule has 3 aromatic rings. The van der Waals surface area contributed by atoms with E-state index in [2.05, 4.69) is 65.8 Å². The predicted molar refractivity (Wildman–Crippen MR) is 87.7 cm³/mol. The van der Waals surface area contributed by atoms with Crippen LogP contribution in [0.4, 0.5) is 0 Å². The highest BCUT2D eigenvalue weighted by Crippen LogP contribution is 2.24. The fourth-order valence-corrected chi connectivity index (χ4v) is 2.73. The third-order valence-corrected chi connectivity index (χ3v) is 3.98. The van der Waals surface area contributed by atoms with Crippen molar-refractivity contribution in [2.75, 3.05) is 0 Å². The lowest BCUT2D eigenvalue weighted by Crippen LogP contribution is -1.77. The molecule has 1 heterocycles. The van der Waals surface area contributed by atoms with Gasteiger partial charge in [0.05, 0.1) is 5.69 Å². The number of rotatable bonds is 3. The molecule has 0 unspecified atom stereocenters. The van der Waals surface area contributed by atoms with Gasteiger partial charge in [-0.05, 0) is 18.6 Å². The van der Waals surface area contributed by atoms with Crippen molar-refractivity contribution in [3.8, 4) is 10.6 Å². The number of nitrogens with zero attached hydrogens (tertiary/aromatic N) is 1. The normalized spacial score (nSPS) is 11.1. The van der Waals surface area contributed by atoms with Crippen LogP contribution < -0.4 is 0 Å². The van der Waals surface area contributed by atoms with Gasteiger partial charge in [0.1, 0.15) is 5.01 Å². The van der Waals surface area contributed by atoms with Crippen molar-refractivity contribution in [3.05, 3.63) is 76.8 Å². The Morgan fingerprint density at radius 3 is 2.40 bits per heavy atom. The summed E-state index contributed by atoms with van der Waals surface area (Å²) in [6.07, 6.45) is 4.16. The minimum Gasteiger partial charge on any atom is -0.237 e. The maximum absolute atomic E-state index is 4.64. The third-order valence-electron chi connectivity index (χ3n) is 3.07. The van der Waals surface area contributed by atoms with Gasteiger partial charge < -0.3 is 0 Å². The molecular weight excluding hydrogens is 262 g/mol. The van der Waals surface area contributed by atoms with E-state index >= 15 is 0 Å². The second-order valence-electron chi connectivity index (χ2n) is 4.69. The van der Waals surface area contributed by atoms with Crippen LogP contribution >= 0.6 is 11.3 Å². The highest BCUT2D eigenvalue weighted by atomic mass is 32.1. The Labute approximate surface area is 123 Å². The first-order valence-electron chi connectivity index (χ1n) is 6.57. The molecule has 0 aliphatic rings. The van der Waals surface area contributed by atoms with E-state index in [9.17, 15) is 0 Å². The van der Waals surface area contributed by atoms with Crippen LogP contribution in [0.3, 0.4) is 0 Å².